The second-order valence-corrected chi connectivity index (χ2v) is 7.45. The number of anilines is 1. The Hall–Kier alpha value is -2.81. The molecule has 9 heteroatoms. The van der Waals surface area contributed by atoms with Crippen LogP contribution < -0.4 is 15.5 Å². The number of ether oxygens (including phenoxy) is 1. The van der Waals surface area contributed by atoms with E-state index in [4.69, 9.17) is 4.74 Å². The molecule has 0 unspecified atom stereocenters. The molecule has 2 aromatic rings. The van der Waals surface area contributed by atoms with Gasteiger partial charge in [0, 0.05) is 38.9 Å². The maximum absolute atomic E-state index is 12.2. The number of hydrogen-bond donors (Lipinski definition) is 2. The number of halogens is 3. The number of nitrogens with zero attached hydrogens (tertiary/aromatic N) is 3. The molecule has 1 aliphatic rings. The van der Waals surface area contributed by atoms with E-state index in [1.54, 1.807) is 13.1 Å². The molecule has 0 bridgehead atoms. The van der Waals surface area contributed by atoms with Crippen LogP contribution in [0.2, 0.25) is 0 Å². The fourth-order valence-corrected chi connectivity index (χ4v) is 3.48. The molecule has 1 saturated heterocycles. The number of aliphatic imine (C=N–C) groups is 1. The van der Waals surface area contributed by atoms with Crippen molar-refractivity contribution in [3.8, 4) is 0 Å². The molecular weight excluding hydrogens is 407 g/mol. The highest BCUT2D eigenvalue weighted by atomic mass is 19.4. The van der Waals surface area contributed by atoms with Crippen molar-refractivity contribution in [3.05, 3.63) is 59.8 Å². The standard InChI is InChI=1S/C22H28F3N5O/c1-26-21(29-19-8-11-30(12-9-19)20-7-2-3-10-27-20)28-14-17-5-4-6-18(13-17)15-31-16-22(23,24)25/h2-7,10,13,19H,8-9,11-12,14-16H2,1H3,(H2,26,28,29). The Balaban J connectivity index is 1.43. The Morgan fingerprint density at radius 1 is 1.16 bits per heavy atom. The van der Waals surface area contributed by atoms with E-state index in [1.807, 2.05) is 42.6 Å². The van der Waals surface area contributed by atoms with Crippen LogP contribution in [0.15, 0.2) is 53.7 Å². The zero-order chi connectivity index (χ0) is 22.1. The smallest absolute Gasteiger partial charge is 0.367 e. The van der Waals surface area contributed by atoms with Gasteiger partial charge in [-0.15, -0.1) is 0 Å². The Morgan fingerprint density at radius 3 is 2.61 bits per heavy atom. The Labute approximate surface area is 180 Å². The molecule has 2 N–H and O–H groups in total. The molecule has 0 spiro atoms. The van der Waals surface area contributed by atoms with Gasteiger partial charge in [0.05, 0.1) is 6.61 Å². The lowest BCUT2D eigenvalue weighted by molar-refractivity contribution is -0.176. The van der Waals surface area contributed by atoms with E-state index in [0.717, 1.165) is 37.3 Å². The largest absolute Gasteiger partial charge is 0.411 e. The molecule has 168 valence electrons. The van der Waals surface area contributed by atoms with Gasteiger partial charge in [-0.2, -0.15) is 13.2 Å². The number of piperidine rings is 1. The minimum Gasteiger partial charge on any atom is -0.367 e. The molecule has 1 aromatic carbocycles. The average molecular weight is 435 g/mol. The van der Waals surface area contributed by atoms with Gasteiger partial charge in [-0.3, -0.25) is 4.99 Å². The zero-order valence-electron chi connectivity index (χ0n) is 17.5. The SMILES string of the molecule is CN=C(NCc1cccc(COCC(F)(F)F)c1)NC1CCN(c2ccccn2)CC1. The maximum atomic E-state index is 12.2. The van der Waals surface area contributed by atoms with Gasteiger partial charge in [-0.05, 0) is 36.1 Å². The minimum absolute atomic E-state index is 0.0742. The molecule has 6 nitrogen and oxygen atoms in total. The number of alkyl halides is 3. The van der Waals surface area contributed by atoms with E-state index in [9.17, 15) is 13.2 Å². The van der Waals surface area contributed by atoms with Gasteiger partial charge in [0.1, 0.15) is 12.4 Å². The van der Waals surface area contributed by atoms with Crippen molar-refractivity contribution >= 4 is 11.8 Å². The number of nitrogens with one attached hydrogen (secondary N) is 2. The van der Waals surface area contributed by atoms with Gasteiger partial charge in [-0.25, -0.2) is 4.98 Å². The molecule has 0 amide bonds. The number of hydrogen-bond acceptors (Lipinski definition) is 4. The van der Waals surface area contributed by atoms with Gasteiger partial charge < -0.3 is 20.3 Å². The molecule has 0 aliphatic carbocycles. The highest BCUT2D eigenvalue weighted by Crippen LogP contribution is 2.18. The van der Waals surface area contributed by atoms with Crippen molar-refractivity contribution in [1.29, 1.82) is 0 Å². The molecule has 0 saturated carbocycles. The summed E-state index contributed by atoms with van der Waals surface area (Å²) in [6.07, 6.45) is -0.555. The van der Waals surface area contributed by atoms with Crippen LogP contribution >= 0.6 is 0 Å². The third kappa shape index (κ3) is 7.75. The van der Waals surface area contributed by atoms with Crippen molar-refractivity contribution < 1.29 is 17.9 Å². The van der Waals surface area contributed by atoms with E-state index >= 15 is 0 Å². The number of aromatic nitrogens is 1. The first-order valence-corrected chi connectivity index (χ1v) is 10.3. The molecule has 3 rings (SSSR count). The van der Waals surface area contributed by atoms with Gasteiger partial charge in [-0.1, -0.05) is 30.3 Å². The van der Waals surface area contributed by atoms with Gasteiger partial charge in [0.2, 0.25) is 0 Å². The van der Waals surface area contributed by atoms with Crippen LogP contribution in [-0.2, 0) is 17.9 Å². The summed E-state index contributed by atoms with van der Waals surface area (Å²) in [6.45, 7) is 1.04. The summed E-state index contributed by atoms with van der Waals surface area (Å²) in [4.78, 5) is 11.0. The van der Waals surface area contributed by atoms with Crippen LogP contribution in [0.1, 0.15) is 24.0 Å². The Bertz CT molecular complexity index is 837. The van der Waals surface area contributed by atoms with Crippen molar-refractivity contribution in [2.45, 2.75) is 38.2 Å². The van der Waals surface area contributed by atoms with Crippen LogP contribution in [0.4, 0.5) is 19.0 Å². The summed E-state index contributed by atoms with van der Waals surface area (Å²) in [6, 6.07) is 13.6. The normalized spacial score (nSPS) is 15.7. The molecule has 1 fully saturated rings. The van der Waals surface area contributed by atoms with Crippen molar-refractivity contribution in [3.63, 3.8) is 0 Å². The first-order chi connectivity index (χ1) is 14.9. The van der Waals surface area contributed by atoms with Crippen molar-refractivity contribution in [1.82, 2.24) is 15.6 Å². The number of benzene rings is 1. The van der Waals surface area contributed by atoms with Crippen molar-refractivity contribution in [2.75, 3.05) is 31.6 Å². The van der Waals surface area contributed by atoms with Crippen LogP contribution in [0, 0.1) is 0 Å². The summed E-state index contributed by atoms with van der Waals surface area (Å²) in [5, 5.41) is 6.73. The number of pyridine rings is 1. The maximum Gasteiger partial charge on any atom is 0.411 e. The first-order valence-electron chi connectivity index (χ1n) is 10.3. The van der Waals surface area contributed by atoms with Gasteiger partial charge in [0.15, 0.2) is 5.96 Å². The highest BCUT2D eigenvalue weighted by molar-refractivity contribution is 5.80. The van der Waals surface area contributed by atoms with E-state index < -0.39 is 12.8 Å². The second kappa shape index (κ2) is 11.0. The topological polar surface area (TPSA) is 61.8 Å². The van der Waals surface area contributed by atoms with Crippen molar-refractivity contribution in [2.24, 2.45) is 4.99 Å². The lowest BCUT2D eigenvalue weighted by atomic mass is 10.1. The lowest BCUT2D eigenvalue weighted by Crippen LogP contribution is -2.48. The molecule has 2 heterocycles. The van der Waals surface area contributed by atoms with Crippen LogP contribution in [0.25, 0.3) is 0 Å². The van der Waals surface area contributed by atoms with E-state index in [1.165, 1.54) is 0 Å². The monoisotopic (exact) mass is 435 g/mol. The minimum atomic E-state index is -4.31. The predicted octanol–water partition coefficient (Wildman–Crippen LogP) is 3.49. The number of guanidine groups is 1. The number of rotatable bonds is 7. The van der Waals surface area contributed by atoms with Gasteiger partial charge in [0.25, 0.3) is 0 Å². The molecule has 1 aliphatic heterocycles. The third-order valence-corrected chi connectivity index (χ3v) is 5.02. The molecule has 0 radical (unpaired) electrons. The zero-order valence-corrected chi connectivity index (χ0v) is 17.5. The molecular formula is C22H28F3N5O. The lowest BCUT2D eigenvalue weighted by Gasteiger charge is -2.33. The summed E-state index contributed by atoms with van der Waals surface area (Å²) < 4.78 is 41.4. The van der Waals surface area contributed by atoms with Gasteiger partial charge >= 0.3 is 6.18 Å². The molecule has 0 atom stereocenters. The summed E-state index contributed by atoms with van der Waals surface area (Å²) in [7, 11) is 1.72. The van der Waals surface area contributed by atoms with E-state index in [2.05, 4.69) is 25.5 Å². The van der Waals surface area contributed by atoms with Crippen LogP contribution in [0.5, 0.6) is 0 Å². The fraction of sp³-hybridized carbons (Fsp3) is 0.455. The Kier molecular flexibility index (Phi) is 8.11. The first kappa shape index (κ1) is 22.9. The third-order valence-electron chi connectivity index (χ3n) is 5.02. The molecule has 31 heavy (non-hydrogen) atoms. The summed E-state index contributed by atoms with van der Waals surface area (Å²) in [5.41, 5.74) is 1.65. The van der Waals surface area contributed by atoms with E-state index in [-0.39, 0.29) is 6.61 Å². The summed E-state index contributed by atoms with van der Waals surface area (Å²) >= 11 is 0. The predicted molar refractivity (Wildman–Crippen MR) is 115 cm³/mol. The fourth-order valence-electron chi connectivity index (χ4n) is 3.48. The Morgan fingerprint density at radius 2 is 1.94 bits per heavy atom. The summed E-state index contributed by atoms with van der Waals surface area (Å²) in [5.74, 6) is 1.71. The van der Waals surface area contributed by atoms with Crippen LogP contribution in [-0.4, -0.2) is 49.9 Å². The second-order valence-electron chi connectivity index (χ2n) is 7.45. The highest BCUT2D eigenvalue weighted by Gasteiger charge is 2.27. The van der Waals surface area contributed by atoms with E-state index in [0.29, 0.717) is 24.1 Å². The quantitative estimate of drug-likeness (QED) is 0.515. The molecule has 1 aromatic heterocycles. The average Bonchev–Trinajstić information content (AvgIpc) is 2.77. The van der Waals surface area contributed by atoms with Crippen LogP contribution in [0.3, 0.4) is 0 Å².